The standard InChI is InChI=1S/C15H27N3OS2/c1-5-12(4)14-13(10-16-11(2)3)20-15(17-14)18-6-8-21(19)9-7-18/h11-12,16H,5-10H2,1-4H3. The van der Waals surface area contributed by atoms with Crippen LogP contribution in [-0.2, 0) is 17.3 Å². The first-order valence-electron chi connectivity index (χ1n) is 7.84. The molecular weight excluding hydrogens is 302 g/mol. The van der Waals surface area contributed by atoms with Crippen LogP contribution >= 0.6 is 11.3 Å². The van der Waals surface area contributed by atoms with E-state index in [0.717, 1.165) is 42.7 Å². The fraction of sp³-hybridized carbons (Fsp3) is 0.800. The first-order valence-corrected chi connectivity index (χ1v) is 10.1. The fourth-order valence-electron chi connectivity index (χ4n) is 2.32. The third kappa shape index (κ3) is 4.50. The van der Waals surface area contributed by atoms with Crippen molar-refractivity contribution in [3.05, 3.63) is 10.6 Å². The number of anilines is 1. The van der Waals surface area contributed by atoms with Crippen molar-refractivity contribution >= 4 is 27.3 Å². The zero-order chi connectivity index (χ0) is 15.4. The van der Waals surface area contributed by atoms with Gasteiger partial charge in [0.1, 0.15) is 0 Å². The van der Waals surface area contributed by atoms with Gasteiger partial charge in [0.05, 0.1) is 5.69 Å². The van der Waals surface area contributed by atoms with Gasteiger partial charge in [-0.15, -0.1) is 11.3 Å². The third-order valence-corrected chi connectivity index (χ3v) is 6.32. The van der Waals surface area contributed by atoms with Crippen LogP contribution in [0.1, 0.15) is 50.6 Å². The monoisotopic (exact) mass is 329 g/mol. The molecule has 0 aliphatic carbocycles. The first-order chi connectivity index (χ1) is 10.0. The Morgan fingerprint density at radius 1 is 1.33 bits per heavy atom. The number of hydrogen-bond acceptors (Lipinski definition) is 5. The van der Waals surface area contributed by atoms with Crippen molar-refractivity contribution < 1.29 is 4.21 Å². The van der Waals surface area contributed by atoms with Crippen molar-refractivity contribution in [2.75, 3.05) is 29.5 Å². The highest BCUT2D eigenvalue weighted by Crippen LogP contribution is 2.32. The number of thiazole rings is 1. The molecule has 1 atom stereocenters. The molecule has 1 aromatic heterocycles. The summed E-state index contributed by atoms with van der Waals surface area (Å²) in [4.78, 5) is 8.58. The van der Waals surface area contributed by atoms with E-state index in [2.05, 4.69) is 37.9 Å². The highest BCUT2D eigenvalue weighted by Gasteiger charge is 2.22. The van der Waals surface area contributed by atoms with Gasteiger partial charge in [-0.25, -0.2) is 4.98 Å². The molecule has 6 heteroatoms. The van der Waals surface area contributed by atoms with Gasteiger partial charge in [-0.3, -0.25) is 4.21 Å². The van der Waals surface area contributed by atoms with Gasteiger partial charge in [-0.05, 0) is 12.3 Å². The van der Waals surface area contributed by atoms with Crippen LogP contribution in [0.5, 0.6) is 0 Å². The summed E-state index contributed by atoms with van der Waals surface area (Å²) < 4.78 is 11.5. The van der Waals surface area contributed by atoms with E-state index < -0.39 is 10.8 Å². The van der Waals surface area contributed by atoms with E-state index in [0.29, 0.717) is 12.0 Å². The van der Waals surface area contributed by atoms with E-state index in [1.54, 1.807) is 11.3 Å². The van der Waals surface area contributed by atoms with Gasteiger partial charge < -0.3 is 10.2 Å². The molecule has 2 heterocycles. The van der Waals surface area contributed by atoms with E-state index in [4.69, 9.17) is 4.98 Å². The lowest BCUT2D eigenvalue weighted by atomic mass is 10.0. The molecule has 0 aromatic carbocycles. The zero-order valence-corrected chi connectivity index (χ0v) is 15.1. The maximum Gasteiger partial charge on any atom is 0.185 e. The predicted molar refractivity (Wildman–Crippen MR) is 92.9 cm³/mol. The maximum absolute atomic E-state index is 11.5. The molecule has 1 saturated heterocycles. The zero-order valence-electron chi connectivity index (χ0n) is 13.5. The van der Waals surface area contributed by atoms with E-state index in [1.165, 1.54) is 10.6 Å². The summed E-state index contributed by atoms with van der Waals surface area (Å²) in [7, 11) is -0.630. The minimum absolute atomic E-state index is 0.484. The van der Waals surface area contributed by atoms with Crippen LogP contribution in [-0.4, -0.2) is 39.8 Å². The summed E-state index contributed by atoms with van der Waals surface area (Å²) in [5, 5.41) is 4.62. The van der Waals surface area contributed by atoms with Gasteiger partial charge in [0.2, 0.25) is 0 Å². The van der Waals surface area contributed by atoms with Crippen molar-refractivity contribution in [3.8, 4) is 0 Å². The van der Waals surface area contributed by atoms with Crippen LogP contribution in [0.4, 0.5) is 5.13 Å². The normalized spacial score (nSPS) is 18.4. The SMILES string of the molecule is CCC(C)c1nc(N2CCS(=O)CC2)sc1CNC(C)C. The summed E-state index contributed by atoms with van der Waals surface area (Å²) in [6.07, 6.45) is 1.11. The molecule has 1 aromatic rings. The maximum atomic E-state index is 11.5. The minimum Gasteiger partial charge on any atom is -0.346 e. The molecule has 0 saturated carbocycles. The number of nitrogens with zero attached hydrogens (tertiary/aromatic N) is 2. The van der Waals surface area contributed by atoms with Crippen molar-refractivity contribution in [2.24, 2.45) is 0 Å². The molecule has 4 nitrogen and oxygen atoms in total. The quantitative estimate of drug-likeness (QED) is 0.871. The van der Waals surface area contributed by atoms with Gasteiger partial charge in [-0.1, -0.05) is 27.7 Å². The molecule has 120 valence electrons. The van der Waals surface area contributed by atoms with Crippen molar-refractivity contribution in [3.63, 3.8) is 0 Å². The van der Waals surface area contributed by atoms with Gasteiger partial charge in [0, 0.05) is 52.9 Å². The number of rotatable bonds is 6. The largest absolute Gasteiger partial charge is 0.346 e. The molecular formula is C15H27N3OS2. The van der Waals surface area contributed by atoms with Gasteiger partial charge in [0.15, 0.2) is 5.13 Å². The number of aromatic nitrogens is 1. The van der Waals surface area contributed by atoms with Crippen molar-refractivity contribution in [1.29, 1.82) is 0 Å². The smallest absolute Gasteiger partial charge is 0.185 e. The highest BCUT2D eigenvalue weighted by molar-refractivity contribution is 7.85. The lowest BCUT2D eigenvalue weighted by Crippen LogP contribution is -2.37. The van der Waals surface area contributed by atoms with Gasteiger partial charge in [0.25, 0.3) is 0 Å². The van der Waals surface area contributed by atoms with Crippen molar-refractivity contribution in [2.45, 2.75) is 52.6 Å². The molecule has 0 spiro atoms. The Labute approximate surface area is 134 Å². The Balaban J connectivity index is 2.16. The topological polar surface area (TPSA) is 45.2 Å². The molecule has 0 radical (unpaired) electrons. The first kappa shape index (κ1) is 16.9. The summed E-state index contributed by atoms with van der Waals surface area (Å²) in [5.41, 5.74) is 1.25. The van der Waals surface area contributed by atoms with Crippen LogP contribution in [0.3, 0.4) is 0 Å². The fourth-order valence-corrected chi connectivity index (χ4v) is 4.55. The second kappa shape index (κ2) is 7.70. The van der Waals surface area contributed by atoms with Crippen molar-refractivity contribution in [1.82, 2.24) is 10.3 Å². The molecule has 2 rings (SSSR count). The average molecular weight is 330 g/mol. The van der Waals surface area contributed by atoms with Crippen LogP contribution in [0, 0.1) is 0 Å². The molecule has 21 heavy (non-hydrogen) atoms. The lowest BCUT2D eigenvalue weighted by molar-refractivity contribution is 0.584. The molecule has 0 bridgehead atoms. The van der Waals surface area contributed by atoms with Crippen LogP contribution < -0.4 is 10.2 Å². The number of nitrogens with one attached hydrogen (secondary N) is 1. The summed E-state index contributed by atoms with van der Waals surface area (Å²) in [5.74, 6) is 2.05. The van der Waals surface area contributed by atoms with Crippen LogP contribution in [0.15, 0.2) is 0 Å². The van der Waals surface area contributed by atoms with E-state index in [1.807, 2.05) is 0 Å². The average Bonchev–Trinajstić information content (AvgIpc) is 2.89. The Kier molecular flexibility index (Phi) is 6.20. The van der Waals surface area contributed by atoms with Crippen LogP contribution in [0.25, 0.3) is 0 Å². The van der Waals surface area contributed by atoms with E-state index in [-0.39, 0.29) is 0 Å². The molecule has 0 amide bonds. The van der Waals surface area contributed by atoms with E-state index >= 15 is 0 Å². The molecule has 1 unspecified atom stereocenters. The molecule has 1 fully saturated rings. The lowest BCUT2D eigenvalue weighted by Gasteiger charge is -2.25. The Morgan fingerprint density at radius 2 is 2.00 bits per heavy atom. The number of hydrogen-bond donors (Lipinski definition) is 1. The summed E-state index contributed by atoms with van der Waals surface area (Å²) in [6, 6.07) is 0.484. The Morgan fingerprint density at radius 3 is 2.57 bits per heavy atom. The highest BCUT2D eigenvalue weighted by atomic mass is 32.2. The summed E-state index contributed by atoms with van der Waals surface area (Å²) in [6.45, 7) is 11.5. The Bertz CT molecular complexity index is 477. The van der Waals surface area contributed by atoms with Crippen LogP contribution in [0.2, 0.25) is 0 Å². The third-order valence-electron chi connectivity index (χ3n) is 3.91. The molecule has 1 aliphatic heterocycles. The molecule has 1 aliphatic rings. The predicted octanol–water partition coefficient (Wildman–Crippen LogP) is 2.72. The second-order valence-corrected chi connectivity index (χ2v) is 8.74. The van der Waals surface area contributed by atoms with Gasteiger partial charge >= 0.3 is 0 Å². The summed E-state index contributed by atoms with van der Waals surface area (Å²) >= 11 is 1.81. The Hall–Kier alpha value is -0.460. The van der Waals surface area contributed by atoms with Gasteiger partial charge in [-0.2, -0.15) is 0 Å². The second-order valence-electron chi connectivity index (χ2n) is 5.98. The van der Waals surface area contributed by atoms with E-state index in [9.17, 15) is 4.21 Å². The molecule has 1 N–H and O–H groups in total. The minimum atomic E-state index is -0.630.